The Bertz CT molecular complexity index is 972. The Labute approximate surface area is 163 Å². The zero-order valence-corrected chi connectivity index (χ0v) is 17.1. The van der Waals surface area contributed by atoms with E-state index in [9.17, 15) is 4.79 Å². The van der Waals surface area contributed by atoms with Crippen LogP contribution in [0.4, 0.5) is 0 Å². The normalized spacial score (nSPS) is 11.4. The topological polar surface area (TPSA) is 67.8 Å². The summed E-state index contributed by atoms with van der Waals surface area (Å²) in [6, 6.07) is 8.12. The van der Waals surface area contributed by atoms with E-state index in [1.54, 1.807) is 12.5 Å². The van der Waals surface area contributed by atoms with Gasteiger partial charge in [-0.05, 0) is 37.1 Å². The molecular formula is C21H24N4OS. The van der Waals surface area contributed by atoms with Crippen molar-refractivity contribution in [3.05, 3.63) is 63.5 Å². The lowest BCUT2D eigenvalue weighted by atomic mass is 9.98. The molecule has 1 N–H and O–H groups in total. The quantitative estimate of drug-likeness (QED) is 0.726. The number of rotatable bonds is 4. The number of nitrogens with zero attached hydrogens (tertiary/aromatic N) is 3. The lowest BCUT2D eigenvalue weighted by molar-refractivity contribution is 0.0954. The highest BCUT2D eigenvalue weighted by atomic mass is 32.1. The smallest absolute Gasteiger partial charge is 0.263 e. The third-order valence-electron chi connectivity index (χ3n) is 4.25. The predicted octanol–water partition coefficient (Wildman–Crippen LogP) is 4.44. The first kappa shape index (κ1) is 19.2. The van der Waals surface area contributed by atoms with E-state index in [2.05, 4.69) is 47.1 Å². The molecule has 0 aliphatic heterocycles. The second kappa shape index (κ2) is 7.56. The second-order valence-electron chi connectivity index (χ2n) is 7.65. The molecule has 1 amide bonds. The maximum absolute atomic E-state index is 12.4. The van der Waals surface area contributed by atoms with Gasteiger partial charge in [0, 0.05) is 23.2 Å². The van der Waals surface area contributed by atoms with Crippen molar-refractivity contribution in [2.75, 3.05) is 0 Å². The van der Waals surface area contributed by atoms with E-state index >= 15 is 0 Å². The molecule has 3 aromatic rings. The third kappa shape index (κ3) is 4.57. The van der Waals surface area contributed by atoms with Crippen molar-refractivity contribution >= 4 is 17.2 Å². The van der Waals surface area contributed by atoms with Crippen molar-refractivity contribution in [1.29, 1.82) is 0 Å². The van der Waals surface area contributed by atoms with Crippen molar-refractivity contribution in [3.63, 3.8) is 0 Å². The van der Waals surface area contributed by atoms with Gasteiger partial charge < -0.3 is 5.32 Å². The average Bonchev–Trinajstić information content (AvgIpc) is 3.11. The third-order valence-corrected chi connectivity index (χ3v) is 5.67. The molecule has 0 bridgehead atoms. The molecule has 27 heavy (non-hydrogen) atoms. The Morgan fingerprint density at radius 1 is 1.11 bits per heavy atom. The van der Waals surface area contributed by atoms with Crippen LogP contribution in [0, 0.1) is 13.8 Å². The van der Waals surface area contributed by atoms with Gasteiger partial charge in [0.05, 0.1) is 16.9 Å². The molecule has 0 aliphatic carbocycles. The molecule has 6 heteroatoms. The standard InChI is InChI=1S/C21H24N4OS/c1-13-8-15(17-9-14(2)24-12-25-17)6-7-16(13)10-22-19(26)18-11-23-20(27-18)21(3,4)5/h6-9,11-12H,10H2,1-5H3,(H,22,26). The van der Waals surface area contributed by atoms with Gasteiger partial charge in [-0.1, -0.05) is 32.9 Å². The van der Waals surface area contributed by atoms with E-state index in [0.29, 0.717) is 11.4 Å². The second-order valence-corrected chi connectivity index (χ2v) is 8.68. The SMILES string of the molecule is Cc1cc(-c2ccc(CNC(=O)c3cnc(C(C)(C)C)s3)c(C)c2)ncn1. The number of aryl methyl sites for hydroxylation is 2. The molecule has 0 saturated carbocycles. The minimum Gasteiger partial charge on any atom is -0.347 e. The number of carbonyl (C=O) groups excluding carboxylic acids is 1. The van der Waals surface area contributed by atoms with Crippen LogP contribution in [0.15, 0.2) is 36.8 Å². The highest BCUT2D eigenvalue weighted by molar-refractivity contribution is 7.13. The maximum atomic E-state index is 12.4. The summed E-state index contributed by atoms with van der Waals surface area (Å²) in [5, 5.41) is 3.96. The number of carbonyl (C=O) groups is 1. The summed E-state index contributed by atoms with van der Waals surface area (Å²) in [6.45, 7) is 10.8. The highest BCUT2D eigenvalue weighted by Gasteiger charge is 2.20. The fraction of sp³-hybridized carbons (Fsp3) is 0.333. The van der Waals surface area contributed by atoms with Gasteiger partial charge in [-0.3, -0.25) is 4.79 Å². The molecule has 140 valence electrons. The van der Waals surface area contributed by atoms with Gasteiger partial charge in [0.2, 0.25) is 0 Å². The van der Waals surface area contributed by atoms with Gasteiger partial charge in [-0.2, -0.15) is 0 Å². The van der Waals surface area contributed by atoms with Gasteiger partial charge in [-0.25, -0.2) is 15.0 Å². The molecule has 0 spiro atoms. The van der Waals surface area contributed by atoms with E-state index in [-0.39, 0.29) is 11.3 Å². The van der Waals surface area contributed by atoms with Crippen LogP contribution in [0.5, 0.6) is 0 Å². The van der Waals surface area contributed by atoms with Crippen LogP contribution in [-0.2, 0) is 12.0 Å². The Kier molecular flexibility index (Phi) is 5.37. The number of benzene rings is 1. The fourth-order valence-corrected chi connectivity index (χ4v) is 3.54. The molecule has 0 aliphatic rings. The number of hydrogen-bond acceptors (Lipinski definition) is 5. The van der Waals surface area contributed by atoms with Crippen molar-refractivity contribution in [1.82, 2.24) is 20.3 Å². The molecule has 0 radical (unpaired) electrons. The molecule has 3 rings (SSSR count). The van der Waals surface area contributed by atoms with Gasteiger partial charge in [0.1, 0.15) is 11.2 Å². The molecule has 0 unspecified atom stereocenters. The van der Waals surface area contributed by atoms with Gasteiger partial charge >= 0.3 is 0 Å². The molecule has 5 nitrogen and oxygen atoms in total. The number of hydrogen-bond donors (Lipinski definition) is 1. The largest absolute Gasteiger partial charge is 0.347 e. The van der Waals surface area contributed by atoms with Crippen LogP contribution < -0.4 is 5.32 Å². The first-order valence-electron chi connectivity index (χ1n) is 8.87. The Hall–Kier alpha value is -2.60. The van der Waals surface area contributed by atoms with Gasteiger partial charge in [0.15, 0.2) is 0 Å². The van der Waals surface area contributed by atoms with Crippen LogP contribution in [0.3, 0.4) is 0 Å². The van der Waals surface area contributed by atoms with Gasteiger partial charge in [-0.15, -0.1) is 11.3 Å². The summed E-state index contributed by atoms with van der Waals surface area (Å²) in [7, 11) is 0. The van der Waals surface area contributed by atoms with Gasteiger partial charge in [0.25, 0.3) is 5.91 Å². The predicted molar refractivity (Wildman–Crippen MR) is 109 cm³/mol. The van der Waals surface area contributed by atoms with E-state index in [0.717, 1.165) is 33.1 Å². The van der Waals surface area contributed by atoms with Crippen molar-refractivity contribution in [2.45, 2.75) is 46.6 Å². The van der Waals surface area contributed by atoms with E-state index in [1.165, 1.54) is 11.3 Å². The highest BCUT2D eigenvalue weighted by Crippen LogP contribution is 2.27. The van der Waals surface area contributed by atoms with Crippen molar-refractivity contribution in [3.8, 4) is 11.3 Å². The van der Waals surface area contributed by atoms with E-state index in [1.807, 2.05) is 32.0 Å². The van der Waals surface area contributed by atoms with Crippen LogP contribution in [-0.4, -0.2) is 20.9 Å². The van der Waals surface area contributed by atoms with Crippen LogP contribution in [0.1, 0.15) is 52.3 Å². The molecule has 0 saturated heterocycles. The summed E-state index contributed by atoms with van der Waals surface area (Å²) < 4.78 is 0. The average molecular weight is 381 g/mol. The lowest BCUT2D eigenvalue weighted by Gasteiger charge is -2.13. The Morgan fingerprint density at radius 2 is 1.89 bits per heavy atom. The number of aromatic nitrogens is 3. The Morgan fingerprint density at radius 3 is 2.52 bits per heavy atom. The van der Waals surface area contributed by atoms with E-state index < -0.39 is 0 Å². The van der Waals surface area contributed by atoms with Crippen LogP contribution >= 0.6 is 11.3 Å². The van der Waals surface area contributed by atoms with E-state index in [4.69, 9.17) is 0 Å². The number of nitrogens with one attached hydrogen (secondary N) is 1. The maximum Gasteiger partial charge on any atom is 0.263 e. The molecule has 0 fully saturated rings. The summed E-state index contributed by atoms with van der Waals surface area (Å²) in [5.74, 6) is -0.0853. The fourth-order valence-electron chi connectivity index (χ4n) is 2.65. The monoisotopic (exact) mass is 380 g/mol. The molecule has 0 atom stereocenters. The zero-order chi connectivity index (χ0) is 19.6. The lowest BCUT2D eigenvalue weighted by Crippen LogP contribution is -2.22. The van der Waals surface area contributed by atoms with Crippen molar-refractivity contribution < 1.29 is 4.79 Å². The summed E-state index contributed by atoms with van der Waals surface area (Å²) >= 11 is 1.45. The number of amides is 1. The minimum atomic E-state index is -0.0853. The van der Waals surface area contributed by atoms with Crippen molar-refractivity contribution in [2.24, 2.45) is 0 Å². The van der Waals surface area contributed by atoms with Crippen LogP contribution in [0.25, 0.3) is 11.3 Å². The first-order chi connectivity index (χ1) is 12.7. The zero-order valence-electron chi connectivity index (χ0n) is 16.3. The number of thiazole rings is 1. The summed E-state index contributed by atoms with van der Waals surface area (Å²) in [4.78, 5) is 25.9. The molecular weight excluding hydrogens is 356 g/mol. The summed E-state index contributed by atoms with van der Waals surface area (Å²) in [6.07, 6.45) is 3.24. The molecule has 1 aromatic carbocycles. The summed E-state index contributed by atoms with van der Waals surface area (Å²) in [5.41, 5.74) is 5.04. The molecule has 2 heterocycles. The minimum absolute atomic E-state index is 0.0467. The Balaban J connectivity index is 1.69. The molecule has 2 aromatic heterocycles. The van der Waals surface area contributed by atoms with Crippen LogP contribution in [0.2, 0.25) is 0 Å². The first-order valence-corrected chi connectivity index (χ1v) is 9.69.